The number of rotatable bonds is 1. The van der Waals surface area contributed by atoms with E-state index in [4.69, 9.17) is 0 Å². The van der Waals surface area contributed by atoms with Gasteiger partial charge in [0, 0.05) is 10.4 Å². The summed E-state index contributed by atoms with van der Waals surface area (Å²) < 4.78 is 1.14. The summed E-state index contributed by atoms with van der Waals surface area (Å²) in [5.41, 5.74) is 4.63. The Kier molecular flexibility index (Phi) is 3.53. The van der Waals surface area contributed by atoms with Gasteiger partial charge in [0.1, 0.15) is 5.75 Å². The monoisotopic (exact) mass is 356 g/mol. The van der Waals surface area contributed by atoms with E-state index in [1.807, 2.05) is 12.1 Å². The van der Waals surface area contributed by atoms with Crippen LogP contribution in [0.3, 0.4) is 0 Å². The molecule has 0 aliphatic heterocycles. The van der Waals surface area contributed by atoms with Crippen LogP contribution in [0.25, 0.3) is 0 Å². The molecule has 22 heavy (non-hydrogen) atoms. The van der Waals surface area contributed by atoms with Gasteiger partial charge < -0.3 is 5.11 Å². The van der Waals surface area contributed by atoms with Crippen LogP contribution in [0.15, 0.2) is 46.9 Å². The maximum Gasteiger partial charge on any atom is 0.115 e. The van der Waals surface area contributed by atoms with E-state index in [2.05, 4.69) is 46.3 Å². The summed E-state index contributed by atoms with van der Waals surface area (Å²) in [6.07, 6.45) is 7.77. The van der Waals surface area contributed by atoms with E-state index in [9.17, 15) is 5.11 Å². The molecule has 1 spiro atoms. The van der Waals surface area contributed by atoms with Crippen molar-refractivity contribution in [2.24, 2.45) is 5.41 Å². The predicted molar refractivity (Wildman–Crippen MR) is 93.3 cm³/mol. The molecule has 1 atom stereocenters. The maximum atomic E-state index is 9.83. The van der Waals surface area contributed by atoms with Crippen molar-refractivity contribution in [2.75, 3.05) is 0 Å². The largest absolute Gasteiger partial charge is 0.508 e. The van der Waals surface area contributed by atoms with Crippen LogP contribution in [-0.2, 0) is 6.42 Å². The number of aryl methyl sites for hydroxylation is 1. The van der Waals surface area contributed by atoms with Crippen molar-refractivity contribution in [3.05, 3.63) is 63.6 Å². The van der Waals surface area contributed by atoms with Crippen LogP contribution < -0.4 is 0 Å². The highest BCUT2D eigenvalue weighted by molar-refractivity contribution is 9.10. The minimum absolute atomic E-state index is 0.399. The van der Waals surface area contributed by atoms with Gasteiger partial charge in [-0.15, -0.1) is 0 Å². The van der Waals surface area contributed by atoms with Crippen molar-refractivity contribution in [2.45, 2.75) is 44.4 Å². The smallest absolute Gasteiger partial charge is 0.115 e. The molecule has 1 fully saturated rings. The van der Waals surface area contributed by atoms with Gasteiger partial charge in [-0.1, -0.05) is 47.0 Å². The summed E-state index contributed by atoms with van der Waals surface area (Å²) in [6.45, 7) is 0. The molecule has 0 radical (unpaired) electrons. The first kappa shape index (κ1) is 14.3. The first-order valence-electron chi connectivity index (χ1n) is 8.25. The summed E-state index contributed by atoms with van der Waals surface area (Å²) in [4.78, 5) is 0. The summed E-state index contributed by atoms with van der Waals surface area (Å²) in [5.74, 6) is 0.878. The fourth-order valence-electron chi connectivity index (χ4n) is 4.75. The molecule has 1 unspecified atom stereocenters. The minimum Gasteiger partial charge on any atom is -0.508 e. The molecule has 1 saturated carbocycles. The Morgan fingerprint density at radius 3 is 2.41 bits per heavy atom. The van der Waals surface area contributed by atoms with E-state index in [1.165, 1.54) is 48.8 Å². The number of hydrogen-bond acceptors (Lipinski definition) is 1. The molecule has 114 valence electrons. The lowest BCUT2D eigenvalue weighted by Gasteiger charge is -2.43. The maximum absolute atomic E-state index is 9.83. The van der Waals surface area contributed by atoms with Crippen molar-refractivity contribution < 1.29 is 5.11 Å². The zero-order chi connectivity index (χ0) is 15.2. The average Bonchev–Trinajstić information content (AvgIpc) is 2.98. The first-order valence-corrected chi connectivity index (χ1v) is 9.05. The Hall–Kier alpha value is -1.28. The van der Waals surface area contributed by atoms with E-state index in [-0.39, 0.29) is 0 Å². The minimum atomic E-state index is 0.399. The molecular weight excluding hydrogens is 336 g/mol. The number of hydrogen-bond donors (Lipinski definition) is 1. The highest BCUT2D eigenvalue weighted by Crippen LogP contribution is 2.57. The van der Waals surface area contributed by atoms with E-state index in [0.29, 0.717) is 17.1 Å². The number of phenols is 1. The second-order valence-corrected chi connectivity index (χ2v) is 7.85. The highest BCUT2D eigenvalue weighted by atomic mass is 79.9. The van der Waals surface area contributed by atoms with Crippen LogP contribution in [0, 0.1) is 5.41 Å². The van der Waals surface area contributed by atoms with Crippen LogP contribution in [0.5, 0.6) is 5.75 Å². The SMILES string of the molecule is Oc1ccc2c(c1)CCC1(CCCC1)C2c1ccc(Br)cc1. The highest BCUT2D eigenvalue weighted by Gasteiger charge is 2.45. The van der Waals surface area contributed by atoms with Gasteiger partial charge in [0.05, 0.1) is 0 Å². The van der Waals surface area contributed by atoms with Crippen molar-refractivity contribution in [1.29, 1.82) is 0 Å². The normalized spacial score (nSPS) is 22.7. The quantitative estimate of drug-likeness (QED) is 0.685. The van der Waals surface area contributed by atoms with Crippen molar-refractivity contribution >= 4 is 15.9 Å². The lowest BCUT2D eigenvalue weighted by atomic mass is 9.61. The Morgan fingerprint density at radius 2 is 1.68 bits per heavy atom. The van der Waals surface area contributed by atoms with E-state index >= 15 is 0 Å². The third-order valence-corrected chi connectivity index (χ3v) is 6.27. The third-order valence-electron chi connectivity index (χ3n) is 5.74. The van der Waals surface area contributed by atoms with Crippen molar-refractivity contribution in [1.82, 2.24) is 0 Å². The van der Waals surface area contributed by atoms with Gasteiger partial charge in [0.15, 0.2) is 0 Å². The van der Waals surface area contributed by atoms with Gasteiger partial charge in [-0.05, 0) is 72.1 Å². The zero-order valence-electron chi connectivity index (χ0n) is 12.7. The molecular formula is C20H21BrO. The molecule has 2 aliphatic carbocycles. The van der Waals surface area contributed by atoms with Crippen LogP contribution in [0.4, 0.5) is 0 Å². The van der Waals surface area contributed by atoms with E-state index < -0.39 is 0 Å². The Bertz CT molecular complexity index is 683. The van der Waals surface area contributed by atoms with Crippen LogP contribution in [0.1, 0.15) is 54.7 Å². The number of aromatic hydroxyl groups is 1. The van der Waals surface area contributed by atoms with E-state index in [1.54, 1.807) is 0 Å². The Balaban J connectivity index is 1.87. The van der Waals surface area contributed by atoms with Crippen LogP contribution in [-0.4, -0.2) is 5.11 Å². The van der Waals surface area contributed by atoms with Gasteiger partial charge in [0.25, 0.3) is 0 Å². The fourth-order valence-corrected chi connectivity index (χ4v) is 5.02. The molecule has 0 aromatic heterocycles. The molecule has 2 aromatic carbocycles. The van der Waals surface area contributed by atoms with Gasteiger partial charge in [0.2, 0.25) is 0 Å². The molecule has 0 amide bonds. The van der Waals surface area contributed by atoms with Gasteiger partial charge in [-0.3, -0.25) is 0 Å². The summed E-state index contributed by atoms with van der Waals surface area (Å²) in [7, 11) is 0. The molecule has 0 saturated heterocycles. The molecule has 0 bridgehead atoms. The summed E-state index contributed by atoms with van der Waals surface area (Å²) >= 11 is 3.55. The Labute approximate surface area is 140 Å². The summed E-state index contributed by atoms with van der Waals surface area (Å²) in [5, 5.41) is 9.83. The van der Waals surface area contributed by atoms with Crippen molar-refractivity contribution in [3.63, 3.8) is 0 Å². The van der Waals surface area contributed by atoms with Crippen molar-refractivity contribution in [3.8, 4) is 5.75 Å². The molecule has 1 N–H and O–H groups in total. The average molecular weight is 357 g/mol. The van der Waals surface area contributed by atoms with Gasteiger partial charge >= 0.3 is 0 Å². The topological polar surface area (TPSA) is 20.2 Å². The summed E-state index contributed by atoms with van der Waals surface area (Å²) in [6, 6.07) is 14.9. The molecule has 4 rings (SSSR count). The fraction of sp³-hybridized carbons (Fsp3) is 0.400. The van der Waals surface area contributed by atoms with Gasteiger partial charge in [-0.2, -0.15) is 0 Å². The second kappa shape index (κ2) is 5.42. The number of fused-ring (bicyclic) bond motifs is 1. The molecule has 1 nitrogen and oxygen atoms in total. The van der Waals surface area contributed by atoms with Gasteiger partial charge in [-0.25, -0.2) is 0 Å². The molecule has 2 heteroatoms. The first-order chi connectivity index (χ1) is 10.7. The molecule has 0 heterocycles. The Morgan fingerprint density at radius 1 is 0.955 bits per heavy atom. The van der Waals surface area contributed by atoms with Crippen LogP contribution >= 0.6 is 15.9 Å². The lowest BCUT2D eigenvalue weighted by Crippen LogP contribution is -2.32. The number of phenolic OH excluding ortho intramolecular Hbond substituents is 1. The second-order valence-electron chi connectivity index (χ2n) is 6.94. The molecule has 2 aromatic rings. The number of halogens is 1. The van der Waals surface area contributed by atoms with E-state index in [0.717, 1.165) is 10.9 Å². The zero-order valence-corrected chi connectivity index (χ0v) is 14.3. The lowest BCUT2D eigenvalue weighted by molar-refractivity contribution is 0.219. The third kappa shape index (κ3) is 2.28. The number of benzene rings is 2. The molecule has 2 aliphatic rings. The standard InChI is InChI=1S/C20H21BrO/c21-16-5-3-14(4-6-16)19-18-8-7-17(22)13-15(18)9-12-20(19)10-1-2-11-20/h3-8,13,19,22H,1-2,9-12H2. The predicted octanol–water partition coefficient (Wildman–Crippen LogP) is 5.79. The van der Waals surface area contributed by atoms with Crippen LogP contribution in [0.2, 0.25) is 0 Å².